The number of carbonyl (C=O) groups excluding carboxylic acids is 4. The van der Waals surface area contributed by atoms with Gasteiger partial charge in [0.1, 0.15) is 18.9 Å². The lowest BCUT2D eigenvalue weighted by atomic mass is 9.93. The van der Waals surface area contributed by atoms with Gasteiger partial charge >= 0.3 is 0 Å². The molecule has 0 atom stereocenters. The van der Waals surface area contributed by atoms with Gasteiger partial charge in [-0.2, -0.15) is 0 Å². The summed E-state index contributed by atoms with van der Waals surface area (Å²) in [5.41, 5.74) is 1.00. The van der Waals surface area contributed by atoms with E-state index in [4.69, 9.17) is 4.74 Å². The van der Waals surface area contributed by atoms with Gasteiger partial charge in [0.15, 0.2) is 0 Å². The van der Waals surface area contributed by atoms with Gasteiger partial charge in [-0.05, 0) is 45.0 Å². The first kappa shape index (κ1) is 20.6. The van der Waals surface area contributed by atoms with Crippen LogP contribution in [-0.2, 0) is 9.59 Å². The fraction of sp³-hybridized carbons (Fsp3) is 0.304. The van der Waals surface area contributed by atoms with Crippen molar-refractivity contribution < 1.29 is 23.9 Å². The predicted octanol–water partition coefficient (Wildman–Crippen LogP) is 2.69. The van der Waals surface area contributed by atoms with Crippen LogP contribution in [0.25, 0.3) is 0 Å². The molecule has 2 heterocycles. The molecule has 31 heavy (non-hydrogen) atoms. The number of nitrogens with one attached hydrogen (secondary N) is 1. The van der Waals surface area contributed by atoms with Crippen LogP contribution in [0.1, 0.15) is 41.5 Å². The summed E-state index contributed by atoms with van der Waals surface area (Å²) < 4.78 is 5.87. The van der Waals surface area contributed by atoms with E-state index in [1.807, 2.05) is 20.8 Å². The third kappa shape index (κ3) is 3.54. The Hall–Kier alpha value is -3.68. The molecule has 4 amide bonds. The Morgan fingerprint density at radius 1 is 1.03 bits per heavy atom. The second kappa shape index (κ2) is 7.54. The van der Waals surface area contributed by atoms with Crippen molar-refractivity contribution in [2.75, 3.05) is 29.9 Å². The fourth-order valence-corrected chi connectivity index (χ4v) is 3.77. The standard InChI is InChI=1S/C23H23N3O5/c1-4-25-17-10-9-14(11-18(17)31-13-23(2,3)22(25)30)24-19(27)12-26-20(28)15-7-5-6-8-16(15)21(26)29/h5-11H,4,12-13H2,1-3H3,(H,24,27). The molecule has 0 saturated carbocycles. The van der Waals surface area contributed by atoms with Gasteiger partial charge in [-0.1, -0.05) is 12.1 Å². The predicted molar refractivity (Wildman–Crippen MR) is 114 cm³/mol. The van der Waals surface area contributed by atoms with Gasteiger partial charge in [-0.25, -0.2) is 0 Å². The molecule has 2 aliphatic heterocycles. The number of benzene rings is 2. The Bertz CT molecular complexity index is 1070. The molecule has 0 aliphatic carbocycles. The van der Waals surface area contributed by atoms with Gasteiger partial charge in [0.05, 0.1) is 22.2 Å². The summed E-state index contributed by atoms with van der Waals surface area (Å²) in [4.78, 5) is 52.8. The zero-order chi connectivity index (χ0) is 22.3. The molecule has 2 aliphatic rings. The summed E-state index contributed by atoms with van der Waals surface area (Å²) in [6, 6.07) is 11.5. The monoisotopic (exact) mass is 421 g/mol. The Kier molecular flexibility index (Phi) is 5.00. The number of fused-ring (bicyclic) bond motifs is 2. The minimum Gasteiger partial charge on any atom is -0.490 e. The zero-order valence-corrected chi connectivity index (χ0v) is 17.6. The van der Waals surface area contributed by atoms with Crippen LogP contribution in [0.15, 0.2) is 42.5 Å². The van der Waals surface area contributed by atoms with Crippen molar-refractivity contribution in [3.63, 3.8) is 0 Å². The van der Waals surface area contributed by atoms with Crippen LogP contribution in [0.5, 0.6) is 5.75 Å². The van der Waals surface area contributed by atoms with E-state index in [0.717, 1.165) is 4.90 Å². The molecule has 160 valence electrons. The number of imide groups is 1. The Labute approximate surface area is 179 Å². The fourth-order valence-electron chi connectivity index (χ4n) is 3.77. The largest absolute Gasteiger partial charge is 0.490 e. The van der Waals surface area contributed by atoms with Crippen LogP contribution in [0, 0.1) is 5.41 Å². The highest BCUT2D eigenvalue weighted by atomic mass is 16.5. The lowest BCUT2D eigenvalue weighted by Gasteiger charge is -2.26. The highest BCUT2D eigenvalue weighted by Gasteiger charge is 2.38. The normalized spacial score (nSPS) is 17.1. The van der Waals surface area contributed by atoms with Crippen molar-refractivity contribution in [3.8, 4) is 5.75 Å². The van der Waals surface area contributed by atoms with Crippen molar-refractivity contribution in [1.29, 1.82) is 0 Å². The smallest absolute Gasteiger partial charge is 0.262 e. The van der Waals surface area contributed by atoms with Crippen LogP contribution in [-0.4, -0.2) is 48.2 Å². The minimum absolute atomic E-state index is 0.0313. The van der Waals surface area contributed by atoms with Crippen molar-refractivity contribution in [1.82, 2.24) is 4.90 Å². The molecule has 0 unspecified atom stereocenters. The minimum atomic E-state index is -0.677. The maximum Gasteiger partial charge on any atom is 0.262 e. The molecule has 0 radical (unpaired) electrons. The number of rotatable bonds is 4. The van der Waals surface area contributed by atoms with Gasteiger partial charge in [0.25, 0.3) is 11.8 Å². The quantitative estimate of drug-likeness (QED) is 0.766. The SMILES string of the molecule is CCN1C(=O)C(C)(C)COc2cc(NC(=O)CN3C(=O)c4ccccc4C3=O)ccc21. The molecule has 8 heteroatoms. The van der Waals surface area contributed by atoms with Crippen molar-refractivity contribution in [3.05, 3.63) is 53.6 Å². The highest BCUT2D eigenvalue weighted by molar-refractivity contribution is 6.22. The average molecular weight is 421 g/mol. The molecule has 2 aromatic rings. The van der Waals surface area contributed by atoms with E-state index in [9.17, 15) is 19.2 Å². The number of hydrogen-bond donors (Lipinski definition) is 1. The van der Waals surface area contributed by atoms with Gasteiger partial charge in [-0.15, -0.1) is 0 Å². The van der Waals surface area contributed by atoms with E-state index in [2.05, 4.69) is 5.32 Å². The Balaban J connectivity index is 1.51. The maximum atomic E-state index is 12.8. The van der Waals surface area contributed by atoms with Gasteiger partial charge < -0.3 is 15.0 Å². The first-order valence-corrected chi connectivity index (χ1v) is 10.1. The topological polar surface area (TPSA) is 96.0 Å². The van der Waals surface area contributed by atoms with Crippen molar-refractivity contribution in [2.45, 2.75) is 20.8 Å². The van der Waals surface area contributed by atoms with Gasteiger partial charge in [0.2, 0.25) is 11.8 Å². The average Bonchev–Trinajstić information content (AvgIpc) is 2.93. The van der Waals surface area contributed by atoms with Crippen LogP contribution >= 0.6 is 0 Å². The third-order valence-electron chi connectivity index (χ3n) is 5.44. The number of ether oxygens (including phenoxy) is 1. The number of amides is 4. The van der Waals surface area contributed by atoms with Crippen LogP contribution in [0.4, 0.5) is 11.4 Å². The summed E-state index contributed by atoms with van der Waals surface area (Å²) in [6.45, 7) is 5.85. The molecular formula is C23H23N3O5. The molecule has 0 spiro atoms. The van der Waals surface area contributed by atoms with Crippen LogP contribution in [0.2, 0.25) is 0 Å². The van der Waals surface area contributed by atoms with E-state index < -0.39 is 29.7 Å². The molecule has 0 saturated heterocycles. The molecule has 2 aromatic carbocycles. The lowest BCUT2D eigenvalue weighted by molar-refractivity contribution is -0.127. The van der Waals surface area contributed by atoms with Crippen molar-refractivity contribution in [2.24, 2.45) is 5.41 Å². The summed E-state index contributed by atoms with van der Waals surface area (Å²) >= 11 is 0. The summed E-state index contributed by atoms with van der Waals surface area (Å²) in [5, 5.41) is 2.70. The van der Waals surface area contributed by atoms with E-state index in [0.29, 0.717) is 34.8 Å². The maximum absolute atomic E-state index is 12.8. The third-order valence-corrected chi connectivity index (χ3v) is 5.44. The van der Waals surface area contributed by atoms with E-state index >= 15 is 0 Å². The van der Waals surface area contributed by atoms with E-state index in [-0.39, 0.29) is 12.5 Å². The number of anilines is 2. The van der Waals surface area contributed by atoms with Gasteiger partial charge in [0, 0.05) is 18.3 Å². The molecule has 0 fully saturated rings. The molecule has 4 rings (SSSR count). The van der Waals surface area contributed by atoms with Gasteiger partial charge in [-0.3, -0.25) is 24.1 Å². The molecule has 8 nitrogen and oxygen atoms in total. The second-order valence-electron chi connectivity index (χ2n) is 8.19. The highest BCUT2D eigenvalue weighted by Crippen LogP contribution is 2.38. The number of hydrogen-bond acceptors (Lipinski definition) is 5. The molecular weight excluding hydrogens is 398 g/mol. The first-order valence-electron chi connectivity index (χ1n) is 10.1. The van der Waals surface area contributed by atoms with Crippen LogP contribution in [0.3, 0.4) is 0 Å². The second-order valence-corrected chi connectivity index (χ2v) is 8.19. The van der Waals surface area contributed by atoms with Crippen molar-refractivity contribution >= 4 is 35.0 Å². The Morgan fingerprint density at radius 2 is 1.68 bits per heavy atom. The molecule has 0 bridgehead atoms. The number of nitrogens with zero attached hydrogens (tertiary/aromatic N) is 2. The first-order chi connectivity index (χ1) is 14.7. The summed E-state index contributed by atoms with van der Waals surface area (Å²) in [7, 11) is 0. The van der Waals surface area contributed by atoms with Crippen LogP contribution < -0.4 is 15.0 Å². The van der Waals surface area contributed by atoms with E-state index in [1.165, 1.54) is 0 Å². The molecule has 0 aromatic heterocycles. The lowest BCUT2D eigenvalue weighted by Crippen LogP contribution is -2.42. The molecule has 1 N–H and O–H groups in total. The zero-order valence-electron chi connectivity index (χ0n) is 17.6. The Morgan fingerprint density at radius 3 is 2.29 bits per heavy atom. The summed E-state index contributed by atoms with van der Waals surface area (Å²) in [5.74, 6) is -1.03. The summed E-state index contributed by atoms with van der Waals surface area (Å²) in [6.07, 6.45) is 0. The van der Waals surface area contributed by atoms with E-state index in [1.54, 1.807) is 47.4 Å². The number of carbonyl (C=O) groups is 4.